The van der Waals surface area contributed by atoms with Gasteiger partial charge in [0.2, 0.25) is 0 Å². The average Bonchev–Trinajstić information content (AvgIpc) is 3.65. The number of para-hydroxylation sites is 1. The Morgan fingerprint density at radius 2 is 0.893 bits per heavy atom. The number of nitrogens with zero attached hydrogens (tertiary/aromatic N) is 2. The van der Waals surface area contributed by atoms with Crippen LogP contribution in [-0.4, -0.2) is 4.57 Å². The number of aromatic nitrogens is 1. The Balaban J connectivity index is 1.04. The summed E-state index contributed by atoms with van der Waals surface area (Å²) >= 11 is 0. The van der Waals surface area contributed by atoms with E-state index in [1.54, 1.807) is 0 Å². The van der Waals surface area contributed by atoms with E-state index < -0.39 is 6.04 Å². The van der Waals surface area contributed by atoms with Gasteiger partial charge in [-0.25, -0.2) is 0 Å². The van der Waals surface area contributed by atoms with E-state index in [0.717, 1.165) is 44.8 Å². The lowest BCUT2D eigenvalue weighted by atomic mass is 10.00. The van der Waals surface area contributed by atoms with Gasteiger partial charge in [0, 0.05) is 38.9 Å². The van der Waals surface area contributed by atoms with Crippen molar-refractivity contribution in [3.63, 3.8) is 0 Å². The van der Waals surface area contributed by atoms with Gasteiger partial charge in [0.1, 0.15) is 0 Å². The number of anilines is 3. The maximum absolute atomic E-state index is 8.58. The molecule has 0 amide bonds. The molecule has 1 heterocycles. The molecule has 11 rings (SSSR count). The van der Waals surface area contributed by atoms with Gasteiger partial charge in [0.15, 0.2) is 0 Å². The molecule has 0 N–H and O–H groups in total. The summed E-state index contributed by atoms with van der Waals surface area (Å²) in [6.45, 7) is 0. The van der Waals surface area contributed by atoms with Crippen LogP contribution in [0.2, 0.25) is 0 Å². The molecule has 0 aliphatic heterocycles. The fraction of sp³-hybridized carbons (Fsp3) is 0. The Hall–Kier alpha value is -7.42. The first-order valence-corrected chi connectivity index (χ1v) is 18.8. The average molecular weight is 718 g/mol. The van der Waals surface area contributed by atoms with E-state index in [9.17, 15) is 0 Å². The van der Waals surface area contributed by atoms with Gasteiger partial charge >= 0.3 is 0 Å². The van der Waals surface area contributed by atoms with E-state index in [2.05, 4.69) is 173 Å². The molecule has 0 saturated carbocycles. The standard InChI is InChI=1S/C54H36N2/c1-3-11-37(12-4-1)38-21-27-45(28-22-38)55(47-31-34-49-43(35-47)20-19-40-13-7-9-17-48(40)49)46-29-23-39(24-30-46)42-26-32-51-52-33-25-41-14-8-10-18-50(41)54(52)56(53(51)36-42)44-15-5-2-6-16-44/h1-36H/i1D,3D,4D,11D,12D. The molecule has 56 heavy (non-hydrogen) atoms. The molecule has 10 aromatic carbocycles. The minimum atomic E-state index is -0.402. The molecule has 2 heteroatoms. The van der Waals surface area contributed by atoms with Gasteiger partial charge < -0.3 is 9.47 Å². The molecule has 1 aromatic heterocycles. The maximum Gasteiger partial charge on any atom is 0.0629 e. The molecular formula is C54H36N2. The molecule has 0 radical (unpaired) electrons. The van der Waals surface area contributed by atoms with E-state index in [1.807, 2.05) is 24.3 Å². The van der Waals surface area contributed by atoms with Gasteiger partial charge in [-0.3, -0.25) is 0 Å². The lowest BCUT2D eigenvalue weighted by Gasteiger charge is -2.26. The van der Waals surface area contributed by atoms with Crippen LogP contribution in [0.25, 0.3) is 82.1 Å². The van der Waals surface area contributed by atoms with Crippen LogP contribution in [0.15, 0.2) is 218 Å². The van der Waals surface area contributed by atoms with Gasteiger partial charge in [-0.2, -0.15) is 0 Å². The van der Waals surface area contributed by atoms with Crippen molar-refractivity contribution < 1.29 is 6.85 Å². The van der Waals surface area contributed by atoms with Gasteiger partial charge in [-0.15, -0.1) is 0 Å². The molecule has 0 saturated heterocycles. The van der Waals surface area contributed by atoms with Crippen LogP contribution in [0.3, 0.4) is 0 Å². The summed E-state index contributed by atoms with van der Waals surface area (Å²) in [5.41, 5.74) is 9.16. The zero-order valence-electron chi connectivity index (χ0n) is 35.3. The summed E-state index contributed by atoms with van der Waals surface area (Å²) < 4.78 is 44.1. The van der Waals surface area contributed by atoms with E-state index >= 15 is 0 Å². The van der Waals surface area contributed by atoms with E-state index in [4.69, 9.17) is 6.85 Å². The van der Waals surface area contributed by atoms with Crippen molar-refractivity contribution in [2.75, 3.05) is 4.90 Å². The van der Waals surface area contributed by atoms with Crippen molar-refractivity contribution >= 4 is 71.2 Å². The molecular weight excluding hydrogens is 677 g/mol. The van der Waals surface area contributed by atoms with Crippen molar-refractivity contribution in [1.82, 2.24) is 4.57 Å². The van der Waals surface area contributed by atoms with Crippen molar-refractivity contribution in [3.8, 4) is 27.9 Å². The van der Waals surface area contributed by atoms with Gasteiger partial charge in [-0.1, -0.05) is 164 Å². The first-order valence-electron chi connectivity index (χ1n) is 21.3. The number of hydrogen-bond acceptors (Lipinski definition) is 1. The highest BCUT2D eigenvalue weighted by molar-refractivity contribution is 6.19. The van der Waals surface area contributed by atoms with E-state index in [1.165, 1.54) is 43.2 Å². The van der Waals surface area contributed by atoms with Gasteiger partial charge in [0.05, 0.1) is 17.9 Å². The molecule has 0 fully saturated rings. The van der Waals surface area contributed by atoms with Crippen molar-refractivity contribution in [3.05, 3.63) is 218 Å². The van der Waals surface area contributed by atoms with Crippen LogP contribution in [-0.2, 0) is 0 Å². The summed E-state index contributed by atoms with van der Waals surface area (Å²) in [6, 6.07) is 64.3. The highest BCUT2D eigenvalue weighted by Crippen LogP contribution is 2.41. The largest absolute Gasteiger partial charge is 0.310 e. The van der Waals surface area contributed by atoms with Crippen molar-refractivity contribution in [2.45, 2.75) is 0 Å². The molecule has 0 aliphatic rings. The third kappa shape index (κ3) is 5.34. The minimum absolute atomic E-state index is 0.183. The third-order valence-corrected chi connectivity index (χ3v) is 11.0. The summed E-state index contributed by atoms with van der Waals surface area (Å²) in [5.74, 6) is 0. The Labute approximate surface area is 332 Å². The zero-order chi connectivity index (χ0) is 41.4. The second-order valence-corrected chi connectivity index (χ2v) is 14.2. The Kier molecular flexibility index (Phi) is 6.39. The van der Waals surface area contributed by atoms with Crippen LogP contribution in [0.5, 0.6) is 0 Å². The SMILES string of the molecule is [2H]c1c([2H])c([2H])c(-c2ccc(N(c3ccc(-c4ccc5c6ccc7ccccc7c6n(-c6ccccc6)c5c4)cc3)c3ccc4c(ccc5ccccc54)c3)cc2)c([2H])c1[2H]. The molecule has 0 spiro atoms. The summed E-state index contributed by atoms with van der Waals surface area (Å²) in [7, 11) is 0. The second-order valence-electron chi connectivity index (χ2n) is 14.2. The van der Waals surface area contributed by atoms with E-state index in [0.29, 0.717) is 5.56 Å². The van der Waals surface area contributed by atoms with Crippen LogP contribution in [0.1, 0.15) is 6.85 Å². The Morgan fingerprint density at radius 3 is 1.64 bits per heavy atom. The molecule has 0 unspecified atom stereocenters. The number of rotatable bonds is 6. The van der Waals surface area contributed by atoms with Gasteiger partial charge in [-0.05, 0) is 104 Å². The predicted molar refractivity (Wildman–Crippen MR) is 239 cm³/mol. The number of benzene rings is 10. The van der Waals surface area contributed by atoms with Gasteiger partial charge in [0.25, 0.3) is 0 Å². The normalized spacial score (nSPS) is 12.8. The summed E-state index contributed by atoms with van der Waals surface area (Å²) in [6.07, 6.45) is 0. The predicted octanol–water partition coefficient (Wildman–Crippen LogP) is 15.0. The first kappa shape index (κ1) is 27.2. The minimum Gasteiger partial charge on any atom is -0.310 e. The number of fused-ring (bicyclic) bond motifs is 8. The van der Waals surface area contributed by atoms with Crippen molar-refractivity contribution in [2.24, 2.45) is 0 Å². The molecule has 262 valence electrons. The molecule has 0 atom stereocenters. The highest BCUT2D eigenvalue weighted by atomic mass is 15.1. The summed E-state index contributed by atoms with van der Waals surface area (Å²) in [4.78, 5) is 2.20. The third-order valence-electron chi connectivity index (χ3n) is 11.0. The summed E-state index contributed by atoms with van der Waals surface area (Å²) in [5, 5.41) is 9.51. The topological polar surface area (TPSA) is 8.17 Å². The Morgan fingerprint density at radius 1 is 0.357 bits per heavy atom. The molecule has 11 aromatic rings. The van der Waals surface area contributed by atoms with Crippen LogP contribution >= 0.6 is 0 Å². The zero-order valence-corrected chi connectivity index (χ0v) is 30.3. The van der Waals surface area contributed by atoms with Crippen LogP contribution in [0.4, 0.5) is 17.1 Å². The molecule has 0 aliphatic carbocycles. The fourth-order valence-corrected chi connectivity index (χ4v) is 8.36. The highest BCUT2D eigenvalue weighted by Gasteiger charge is 2.18. The lowest BCUT2D eigenvalue weighted by Crippen LogP contribution is -2.09. The monoisotopic (exact) mass is 717 g/mol. The maximum atomic E-state index is 8.58. The second kappa shape index (κ2) is 13.2. The Bertz CT molecular complexity index is 3490. The quantitative estimate of drug-likeness (QED) is 0.156. The molecule has 2 nitrogen and oxygen atoms in total. The first-order chi connectivity index (χ1) is 29.8. The lowest BCUT2D eigenvalue weighted by molar-refractivity contribution is 1.19. The number of hydrogen-bond donors (Lipinski definition) is 0. The van der Waals surface area contributed by atoms with Crippen molar-refractivity contribution in [1.29, 1.82) is 0 Å². The van der Waals surface area contributed by atoms with Crippen LogP contribution < -0.4 is 4.90 Å². The fourth-order valence-electron chi connectivity index (χ4n) is 8.36. The van der Waals surface area contributed by atoms with Crippen LogP contribution in [0, 0.1) is 0 Å². The smallest absolute Gasteiger partial charge is 0.0629 e. The van der Waals surface area contributed by atoms with E-state index in [-0.39, 0.29) is 29.7 Å². The molecule has 0 bridgehead atoms.